The molecule has 3 aliphatic rings. The normalized spacial score (nSPS) is 25.7. The van der Waals surface area contributed by atoms with Gasteiger partial charge in [-0.25, -0.2) is 0 Å². The van der Waals surface area contributed by atoms with E-state index in [1.54, 1.807) is 12.4 Å². The molecule has 1 aliphatic carbocycles. The van der Waals surface area contributed by atoms with Gasteiger partial charge < -0.3 is 15.0 Å². The molecule has 7 nitrogen and oxygen atoms in total. The van der Waals surface area contributed by atoms with E-state index in [2.05, 4.69) is 34.3 Å². The van der Waals surface area contributed by atoms with Gasteiger partial charge in [-0.1, -0.05) is 13.0 Å². The SMILES string of the molecule is CCCN1[C@@H]2c3ccc(C4=CCCCC4)c(=O)n3C[C@H]1[C@H](CO)[C@H]2C(=O)NCCc1ccncc1. The molecule has 1 saturated heterocycles. The van der Waals surface area contributed by atoms with E-state index in [9.17, 15) is 14.7 Å². The van der Waals surface area contributed by atoms with Gasteiger partial charge in [0.25, 0.3) is 5.56 Å². The van der Waals surface area contributed by atoms with E-state index in [1.165, 1.54) is 6.42 Å². The number of carbonyl (C=O) groups excluding carboxylic acids is 1. The summed E-state index contributed by atoms with van der Waals surface area (Å²) in [6.45, 7) is 3.97. The van der Waals surface area contributed by atoms with E-state index in [0.717, 1.165) is 61.0 Å². The topological polar surface area (TPSA) is 87.5 Å². The number of amides is 1. The predicted octanol–water partition coefficient (Wildman–Crippen LogP) is 2.93. The van der Waals surface area contributed by atoms with Gasteiger partial charge in [-0.15, -0.1) is 0 Å². The van der Waals surface area contributed by atoms with Crippen molar-refractivity contribution in [2.24, 2.45) is 11.8 Å². The first kappa shape index (κ1) is 23.9. The summed E-state index contributed by atoms with van der Waals surface area (Å²) in [7, 11) is 0. The van der Waals surface area contributed by atoms with Crippen molar-refractivity contribution in [3.63, 3.8) is 0 Å². The molecule has 4 heterocycles. The van der Waals surface area contributed by atoms with Crippen LogP contribution in [-0.4, -0.2) is 51.2 Å². The quantitative estimate of drug-likeness (QED) is 0.612. The van der Waals surface area contributed by atoms with Crippen LogP contribution >= 0.6 is 0 Å². The molecule has 2 aromatic rings. The van der Waals surface area contributed by atoms with Crippen LogP contribution < -0.4 is 10.9 Å². The van der Waals surface area contributed by atoms with Crippen molar-refractivity contribution >= 4 is 11.5 Å². The number of nitrogens with one attached hydrogen (secondary N) is 1. The third-order valence-electron chi connectivity index (χ3n) is 8.05. The number of allylic oxidation sites excluding steroid dienone is 2. The van der Waals surface area contributed by atoms with Gasteiger partial charge >= 0.3 is 0 Å². The van der Waals surface area contributed by atoms with E-state index in [1.807, 2.05) is 22.8 Å². The van der Waals surface area contributed by atoms with E-state index < -0.39 is 0 Å². The van der Waals surface area contributed by atoms with Crippen LogP contribution in [-0.2, 0) is 17.8 Å². The minimum Gasteiger partial charge on any atom is -0.396 e. The lowest BCUT2D eigenvalue weighted by Gasteiger charge is -2.38. The number of rotatable bonds is 8. The summed E-state index contributed by atoms with van der Waals surface area (Å²) >= 11 is 0. The Kier molecular flexibility index (Phi) is 7.16. The lowest BCUT2D eigenvalue weighted by atomic mass is 9.86. The van der Waals surface area contributed by atoms with Crippen LogP contribution in [0.4, 0.5) is 0 Å². The van der Waals surface area contributed by atoms with Gasteiger partial charge in [-0.05, 0) is 80.5 Å². The van der Waals surface area contributed by atoms with Crippen molar-refractivity contribution in [1.29, 1.82) is 0 Å². The summed E-state index contributed by atoms with van der Waals surface area (Å²) in [4.78, 5) is 33.6. The fraction of sp³-hybridized carbons (Fsp3) is 0.536. The highest BCUT2D eigenvalue weighted by atomic mass is 16.3. The van der Waals surface area contributed by atoms with Crippen molar-refractivity contribution in [1.82, 2.24) is 19.8 Å². The van der Waals surface area contributed by atoms with E-state index in [4.69, 9.17) is 0 Å². The predicted molar refractivity (Wildman–Crippen MR) is 136 cm³/mol. The monoisotopic (exact) mass is 476 g/mol. The summed E-state index contributed by atoms with van der Waals surface area (Å²) in [5.74, 6) is -0.627. The molecule has 0 aromatic carbocycles. The Morgan fingerprint density at radius 2 is 2.03 bits per heavy atom. The van der Waals surface area contributed by atoms with Crippen LogP contribution in [0.1, 0.15) is 61.9 Å². The minimum absolute atomic E-state index is 0.0262. The Balaban J connectivity index is 1.45. The fourth-order valence-corrected chi connectivity index (χ4v) is 6.41. The van der Waals surface area contributed by atoms with Crippen LogP contribution in [0.3, 0.4) is 0 Å². The Bertz CT molecular complexity index is 1140. The molecule has 2 N–H and O–H groups in total. The third kappa shape index (κ3) is 4.47. The van der Waals surface area contributed by atoms with Crippen molar-refractivity contribution in [2.75, 3.05) is 19.7 Å². The highest BCUT2D eigenvalue weighted by Crippen LogP contribution is 2.48. The molecule has 186 valence electrons. The lowest BCUT2D eigenvalue weighted by molar-refractivity contribution is -0.127. The molecule has 4 atom stereocenters. The molecule has 5 rings (SSSR count). The molecule has 0 spiro atoms. The summed E-state index contributed by atoms with van der Waals surface area (Å²) in [6, 6.07) is 7.72. The highest BCUT2D eigenvalue weighted by molar-refractivity contribution is 5.80. The highest BCUT2D eigenvalue weighted by Gasteiger charge is 2.55. The molecule has 0 unspecified atom stereocenters. The maximum Gasteiger partial charge on any atom is 0.258 e. The largest absolute Gasteiger partial charge is 0.396 e. The van der Waals surface area contributed by atoms with Crippen molar-refractivity contribution < 1.29 is 9.90 Å². The smallest absolute Gasteiger partial charge is 0.258 e. The molecule has 2 aliphatic heterocycles. The maximum absolute atomic E-state index is 13.6. The Morgan fingerprint density at radius 3 is 2.74 bits per heavy atom. The number of hydrogen-bond acceptors (Lipinski definition) is 5. The van der Waals surface area contributed by atoms with Crippen molar-refractivity contribution in [3.8, 4) is 0 Å². The van der Waals surface area contributed by atoms with Crippen LogP contribution in [0, 0.1) is 11.8 Å². The number of carbonyl (C=O) groups is 1. The van der Waals surface area contributed by atoms with Gasteiger partial charge in [0.05, 0.1) is 12.0 Å². The second-order valence-corrected chi connectivity index (χ2v) is 10.1. The first-order valence-electron chi connectivity index (χ1n) is 13.1. The second-order valence-electron chi connectivity index (χ2n) is 10.1. The first-order valence-corrected chi connectivity index (χ1v) is 13.1. The molecule has 7 heteroatoms. The molecule has 0 radical (unpaired) electrons. The zero-order chi connectivity index (χ0) is 24.4. The zero-order valence-corrected chi connectivity index (χ0v) is 20.5. The van der Waals surface area contributed by atoms with Crippen LogP contribution in [0.15, 0.2) is 47.5 Å². The number of aliphatic hydroxyl groups is 1. The molecule has 0 saturated carbocycles. The van der Waals surface area contributed by atoms with E-state index >= 15 is 0 Å². The maximum atomic E-state index is 13.6. The van der Waals surface area contributed by atoms with Gasteiger partial charge in [0.2, 0.25) is 5.91 Å². The number of aromatic nitrogens is 2. The average molecular weight is 477 g/mol. The van der Waals surface area contributed by atoms with Crippen LogP contribution in [0.2, 0.25) is 0 Å². The van der Waals surface area contributed by atoms with Crippen molar-refractivity contribution in [3.05, 3.63) is 69.9 Å². The standard InChI is InChI=1S/C28H36N4O3/c1-2-16-31-24-17-32-23(9-8-21(28(32)35)20-6-4-3-5-7-20)26(31)25(22(24)18-33)27(34)30-15-12-19-10-13-29-14-11-19/h6,8-11,13-14,22,24-26,33H,2-5,7,12,15-18H2,1H3,(H,30,34)/t22-,24-,25+,26+/m0/s1. The summed E-state index contributed by atoms with van der Waals surface area (Å²) in [6.07, 6.45) is 11.7. The Labute approximate surface area is 206 Å². The minimum atomic E-state index is -0.387. The van der Waals surface area contributed by atoms with Crippen LogP contribution in [0.5, 0.6) is 0 Å². The molecular formula is C28H36N4O3. The number of pyridine rings is 2. The molecular weight excluding hydrogens is 440 g/mol. The summed E-state index contributed by atoms with van der Waals surface area (Å²) < 4.78 is 1.90. The molecule has 35 heavy (non-hydrogen) atoms. The Morgan fingerprint density at radius 1 is 1.20 bits per heavy atom. The molecule has 2 bridgehead atoms. The lowest BCUT2D eigenvalue weighted by Crippen LogP contribution is -2.47. The van der Waals surface area contributed by atoms with Gasteiger partial charge in [-0.3, -0.25) is 19.5 Å². The number of nitrogens with zero attached hydrogens (tertiary/aromatic N) is 3. The van der Waals surface area contributed by atoms with Gasteiger partial charge in [0, 0.05) is 55.3 Å². The van der Waals surface area contributed by atoms with Gasteiger partial charge in [0.15, 0.2) is 0 Å². The average Bonchev–Trinajstić information content (AvgIpc) is 3.10. The molecule has 1 amide bonds. The second kappa shape index (κ2) is 10.5. The number of hydrogen-bond donors (Lipinski definition) is 2. The molecule has 1 fully saturated rings. The van der Waals surface area contributed by atoms with Gasteiger partial charge in [-0.2, -0.15) is 0 Å². The van der Waals surface area contributed by atoms with Crippen LogP contribution in [0.25, 0.3) is 5.57 Å². The summed E-state index contributed by atoms with van der Waals surface area (Å²) in [5, 5.41) is 13.5. The Hall–Kier alpha value is -2.77. The summed E-state index contributed by atoms with van der Waals surface area (Å²) in [5.41, 5.74) is 4.04. The van der Waals surface area contributed by atoms with Crippen molar-refractivity contribution in [2.45, 2.75) is 64.1 Å². The third-order valence-corrected chi connectivity index (χ3v) is 8.05. The van der Waals surface area contributed by atoms with Gasteiger partial charge in [0.1, 0.15) is 0 Å². The first-order chi connectivity index (χ1) is 17.1. The van der Waals surface area contributed by atoms with E-state index in [-0.39, 0.29) is 42.0 Å². The zero-order valence-electron chi connectivity index (χ0n) is 20.5. The fourth-order valence-electron chi connectivity index (χ4n) is 6.41. The number of aliphatic hydroxyl groups excluding tert-OH is 1. The molecule has 2 aromatic heterocycles. The number of fused-ring (bicyclic) bond motifs is 4. The van der Waals surface area contributed by atoms with E-state index in [0.29, 0.717) is 13.1 Å².